The number of halogens is 3. The van der Waals surface area contributed by atoms with Crippen LogP contribution in [0, 0.1) is 0 Å². The molecule has 0 radical (unpaired) electrons. The molecule has 4 rings (SSSR count). The van der Waals surface area contributed by atoms with Gasteiger partial charge in [-0.3, -0.25) is 4.99 Å². The lowest BCUT2D eigenvalue weighted by Crippen LogP contribution is -2.31. The number of alkyl halides is 3. The number of rotatable bonds is 5. The van der Waals surface area contributed by atoms with Crippen molar-refractivity contribution in [1.29, 1.82) is 0 Å². The molecule has 2 N–H and O–H groups in total. The highest BCUT2D eigenvalue weighted by molar-refractivity contribution is 5.91. The van der Waals surface area contributed by atoms with Crippen molar-refractivity contribution in [3.05, 3.63) is 83.5 Å². The number of urea groups is 1. The largest absolute Gasteiger partial charge is 0.472 e. The van der Waals surface area contributed by atoms with Crippen molar-refractivity contribution in [2.75, 3.05) is 11.9 Å². The number of nitrogens with one attached hydrogen (secondary N) is 2. The topological polar surface area (TPSA) is 66.6 Å². The van der Waals surface area contributed by atoms with Crippen LogP contribution in [0.1, 0.15) is 31.2 Å². The average molecular weight is 441 g/mol. The van der Waals surface area contributed by atoms with Crippen molar-refractivity contribution in [2.45, 2.75) is 31.9 Å². The predicted octanol–water partition coefficient (Wildman–Crippen LogP) is 6.26. The van der Waals surface area contributed by atoms with Crippen molar-refractivity contribution < 1.29 is 22.4 Å². The van der Waals surface area contributed by atoms with Crippen LogP contribution < -0.4 is 10.6 Å². The van der Waals surface area contributed by atoms with Crippen LogP contribution in [0.2, 0.25) is 0 Å². The molecule has 0 saturated heterocycles. The second kappa shape index (κ2) is 9.30. The van der Waals surface area contributed by atoms with E-state index in [0.29, 0.717) is 53.8 Å². The van der Waals surface area contributed by atoms with E-state index in [2.05, 4.69) is 15.6 Å². The molecule has 0 saturated carbocycles. The van der Waals surface area contributed by atoms with Crippen LogP contribution >= 0.6 is 0 Å². The molecule has 32 heavy (non-hydrogen) atoms. The maximum atomic E-state index is 13.9. The minimum atomic E-state index is -4.53. The molecule has 5 nitrogen and oxygen atoms in total. The highest BCUT2D eigenvalue weighted by Gasteiger charge is 2.39. The molecular formula is C24H22F3N3O2. The van der Waals surface area contributed by atoms with Gasteiger partial charge in [0, 0.05) is 29.9 Å². The van der Waals surface area contributed by atoms with E-state index in [-0.39, 0.29) is 18.3 Å². The summed E-state index contributed by atoms with van der Waals surface area (Å²) in [7, 11) is 0. The van der Waals surface area contributed by atoms with Gasteiger partial charge in [0.25, 0.3) is 0 Å². The first kappa shape index (κ1) is 21.7. The molecule has 0 fully saturated rings. The molecule has 1 aromatic heterocycles. The number of hydrogen-bond donors (Lipinski definition) is 2. The van der Waals surface area contributed by atoms with Gasteiger partial charge in [-0.2, -0.15) is 13.2 Å². The molecule has 1 aromatic carbocycles. The molecule has 0 unspecified atom stereocenters. The van der Waals surface area contributed by atoms with Crippen LogP contribution in [0.15, 0.2) is 87.3 Å². The molecule has 2 amide bonds. The van der Waals surface area contributed by atoms with E-state index in [9.17, 15) is 18.0 Å². The number of allylic oxidation sites excluding steroid dienone is 5. The molecule has 2 aromatic rings. The Labute approximate surface area is 183 Å². The van der Waals surface area contributed by atoms with Crippen LogP contribution in [0.3, 0.4) is 0 Å². The summed E-state index contributed by atoms with van der Waals surface area (Å²) in [5, 5.41) is 5.43. The third-order valence-corrected chi connectivity index (χ3v) is 5.33. The zero-order valence-corrected chi connectivity index (χ0v) is 17.2. The van der Waals surface area contributed by atoms with Gasteiger partial charge in [0.1, 0.15) is 0 Å². The smallest absolute Gasteiger partial charge is 0.418 e. The molecule has 1 aliphatic heterocycles. The lowest BCUT2D eigenvalue weighted by molar-refractivity contribution is -0.0894. The van der Waals surface area contributed by atoms with Gasteiger partial charge in [0.2, 0.25) is 0 Å². The van der Waals surface area contributed by atoms with Crippen LogP contribution in [-0.4, -0.2) is 24.5 Å². The second-order valence-electron chi connectivity index (χ2n) is 7.56. The van der Waals surface area contributed by atoms with Crippen LogP contribution in [-0.2, 0) is 0 Å². The van der Waals surface area contributed by atoms with E-state index in [1.165, 1.54) is 12.5 Å². The third kappa shape index (κ3) is 5.19. The summed E-state index contributed by atoms with van der Waals surface area (Å²) in [4.78, 5) is 16.4. The summed E-state index contributed by atoms with van der Waals surface area (Å²) in [6.07, 6.45) is 3.13. The quantitative estimate of drug-likeness (QED) is 0.575. The van der Waals surface area contributed by atoms with Crippen LogP contribution in [0.25, 0.3) is 5.57 Å². The lowest BCUT2D eigenvalue weighted by Gasteiger charge is -2.21. The Bertz CT molecular complexity index is 1100. The van der Waals surface area contributed by atoms with Crippen LogP contribution in [0.5, 0.6) is 0 Å². The van der Waals surface area contributed by atoms with Crippen molar-refractivity contribution >= 4 is 23.0 Å². The first-order valence-corrected chi connectivity index (χ1v) is 10.3. The first-order valence-electron chi connectivity index (χ1n) is 10.3. The number of furan rings is 1. The van der Waals surface area contributed by atoms with E-state index in [1.807, 2.05) is 18.2 Å². The number of carbonyl (C=O) groups is 1. The average Bonchev–Trinajstić information content (AvgIpc) is 3.22. The summed E-state index contributed by atoms with van der Waals surface area (Å²) in [6, 6.07) is 10.3. The summed E-state index contributed by atoms with van der Waals surface area (Å²) >= 11 is 0. The second-order valence-corrected chi connectivity index (χ2v) is 7.56. The molecular weight excluding hydrogens is 419 g/mol. The number of hydrogen-bond acceptors (Lipinski definition) is 3. The summed E-state index contributed by atoms with van der Waals surface area (Å²) in [6.45, 7) is 0.281. The fourth-order valence-corrected chi connectivity index (χ4v) is 3.72. The van der Waals surface area contributed by atoms with Gasteiger partial charge in [-0.15, -0.1) is 0 Å². The summed E-state index contributed by atoms with van der Waals surface area (Å²) < 4.78 is 46.8. The number of amides is 2. The standard InChI is InChI=1S/C24H22F3N3O2/c25-24(26,27)21-14-17(18-11-13-32-15-18)7-6-16-8-9-20(29-22(16)21)10-12-28-23(31)30-19-4-2-1-3-5-19/h1-5,7,11,13-15H,6,8-10,12H2,(H2,28,30,31). The van der Waals surface area contributed by atoms with Crippen molar-refractivity contribution in [1.82, 2.24) is 5.32 Å². The highest BCUT2D eigenvalue weighted by Crippen LogP contribution is 2.41. The van der Waals surface area contributed by atoms with Gasteiger partial charge in [-0.05, 0) is 54.7 Å². The van der Waals surface area contributed by atoms with Gasteiger partial charge in [-0.1, -0.05) is 24.3 Å². The molecule has 2 aliphatic rings. The molecule has 0 atom stereocenters. The van der Waals surface area contributed by atoms with E-state index in [4.69, 9.17) is 4.42 Å². The monoisotopic (exact) mass is 441 g/mol. The van der Waals surface area contributed by atoms with E-state index < -0.39 is 11.7 Å². The Morgan fingerprint density at radius 2 is 1.94 bits per heavy atom. The van der Waals surface area contributed by atoms with Gasteiger partial charge < -0.3 is 15.1 Å². The number of para-hydroxylation sites is 1. The Morgan fingerprint density at radius 3 is 2.66 bits per heavy atom. The highest BCUT2D eigenvalue weighted by atomic mass is 19.4. The Kier molecular flexibility index (Phi) is 6.30. The number of nitrogens with zero attached hydrogens (tertiary/aromatic N) is 1. The van der Waals surface area contributed by atoms with E-state index >= 15 is 0 Å². The number of benzene rings is 1. The Balaban J connectivity index is 1.46. The van der Waals surface area contributed by atoms with Crippen LogP contribution in [0.4, 0.5) is 23.7 Å². The van der Waals surface area contributed by atoms with Gasteiger partial charge in [-0.25, -0.2) is 4.79 Å². The first-order chi connectivity index (χ1) is 15.4. The summed E-state index contributed by atoms with van der Waals surface area (Å²) in [5.41, 5.74) is 2.30. The van der Waals surface area contributed by atoms with Gasteiger partial charge in [0.05, 0.1) is 23.8 Å². The molecule has 0 spiro atoms. The van der Waals surface area contributed by atoms with Crippen molar-refractivity contribution in [3.63, 3.8) is 0 Å². The maximum absolute atomic E-state index is 13.9. The fraction of sp³-hybridized carbons (Fsp3) is 0.250. The SMILES string of the molecule is O=C(NCCC1=NC2=C(CC=C(c3ccoc3)C=C2C(F)(F)F)CC1)Nc1ccccc1. The predicted molar refractivity (Wildman–Crippen MR) is 117 cm³/mol. The maximum Gasteiger partial charge on any atom is 0.418 e. The molecule has 8 heteroatoms. The van der Waals surface area contributed by atoms with Gasteiger partial charge in [0.15, 0.2) is 0 Å². The number of aliphatic imine (C=N–C) groups is 1. The minimum Gasteiger partial charge on any atom is -0.472 e. The lowest BCUT2D eigenvalue weighted by atomic mass is 9.95. The summed E-state index contributed by atoms with van der Waals surface area (Å²) in [5.74, 6) is 0. The van der Waals surface area contributed by atoms with E-state index in [1.54, 1.807) is 24.3 Å². The Hall–Kier alpha value is -3.55. The molecule has 1 aliphatic carbocycles. The molecule has 2 heterocycles. The molecule has 0 bridgehead atoms. The normalized spacial score (nSPS) is 16.4. The fourth-order valence-electron chi connectivity index (χ4n) is 3.72. The zero-order valence-electron chi connectivity index (χ0n) is 17.2. The number of anilines is 1. The van der Waals surface area contributed by atoms with Crippen molar-refractivity contribution in [3.8, 4) is 0 Å². The van der Waals surface area contributed by atoms with Gasteiger partial charge >= 0.3 is 12.2 Å². The molecule has 166 valence electrons. The minimum absolute atomic E-state index is 0.00207. The number of carbonyl (C=O) groups excluding carboxylic acids is 1. The van der Waals surface area contributed by atoms with Crippen molar-refractivity contribution in [2.24, 2.45) is 4.99 Å². The zero-order chi connectivity index (χ0) is 22.6. The third-order valence-electron chi connectivity index (χ3n) is 5.33. The Morgan fingerprint density at radius 1 is 1.12 bits per heavy atom. The van der Waals surface area contributed by atoms with E-state index in [0.717, 1.165) is 6.08 Å².